The number of aliphatic imine (C=N–C) groups is 1. The Hall–Kier alpha value is -2.74. The molecule has 1 aromatic heterocycles. The van der Waals surface area contributed by atoms with Gasteiger partial charge in [-0.3, -0.25) is 9.88 Å². The van der Waals surface area contributed by atoms with Crippen molar-refractivity contribution in [2.75, 3.05) is 0 Å². The number of rotatable bonds is 3. The Labute approximate surface area is 118 Å². The first-order chi connectivity index (χ1) is 9.72. The van der Waals surface area contributed by atoms with E-state index in [4.69, 9.17) is 11.6 Å². The lowest BCUT2D eigenvalue weighted by Gasteiger charge is -2.22. The molecule has 0 aromatic carbocycles. The van der Waals surface area contributed by atoms with Gasteiger partial charge in [0.05, 0.1) is 11.8 Å². The minimum Gasteiger partial charge on any atom is -0.291 e. The monoisotopic (exact) mass is 287 g/mol. The maximum atomic E-state index is 11.0. The van der Waals surface area contributed by atoms with E-state index in [2.05, 4.69) is 9.98 Å². The zero-order chi connectivity index (χ0) is 14.5. The Morgan fingerprint density at radius 3 is 2.70 bits per heavy atom. The molecule has 1 aromatic rings. The van der Waals surface area contributed by atoms with Crippen molar-refractivity contribution >= 4 is 34.6 Å². The quantitative estimate of drug-likeness (QED) is 0.608. The number of pyridine rings is 1. The van der Waals surface area contributed by atoms with Crippen LogP contribution >= 0.6 is 11.6 Å². The van der Waals surface area contributed by atoms with Crippen LogP contribution in [0.4, 0.5) is 0 Å². The SMILES string of the molecule is O=C=CC(=C=O)N1C(=C=O)C(Cl)=NC1c1ccccn1. The summed E-state index contributed by atoms with van der Waals surface area (Å²) < 4.78 is 0. The average Bonchev–Trinajstić information content (AvgIpc) is 2.82. The summed E-state index contributed by atoms with van der Waals surface area (Å²) in [5.41, 5.74) is 0.0588. The number of allylic oxidation sites excluding steroid dienone is 2. The predicted octanol–water partition coefficient (Wildman–Crippen LogP) is 0.852. The van der Waals surface area contributed by atoms with Crippen LogP contribution < -0.4 is 0 Å². The number of halogens is 1. The van der Waals surface area contributed by atoms with Gasteiger partial charge in [-0.15, -0.1) is 0 Å². The number of hydrogen-bond donors (Lipinski definition) is 0. The summed E-state index contributed by atoms with van der Waals surface area (Å²) in [6, 6.07) is 5.06. The molecule has 0 fully saturated rings. The normalized spacial score (nSPS) is 16.9. The minimum atomic E-state index is -0.832. The molecule has 0 N–H and O–H groups in total. The van der Waals surface area contributed by atoms with Crippen LogP contribution in [0.5, 0.6) is 0 Å². The molecular weight excluding hydrogens is 282 g/mol. The lowest BCUT2D eigenvalue weighted by atomic mass is 10.2. The molecule has 6 nitrogen and oxygen atoms in total. The van der Waals surface area contributed by atoms with Crippen molar-refractivity contribution in [2.45, 2.75) is 6.17 Å². The molecule has 2 rings (SSSR count). The first-order valence-corrected chi connectivity index (χ1v) is 5.75. The molecule has 7 heteroatoms. The van der Waals surface area contributed by atoms with Gasteiger partial charge in [-0.1, -0.05) is 17.7 Å². The van der Waals surface area contributed by atoms with Gasteiger partial charge >= 0.3 is 0 Å². The van der Waals surface area contributed by atoms with Gasteiger partial charge in [0.25, 0.3) is 0 Å². The third-order valence-corrected chi connectivity index (χ3v) is 2.80. The average molecular weight is 288 g/mol. The first-order valence-electron chi connectivity index (χ1n) is 5.38. The Balaban J connectivity index is 2.58. The van der Waals surface area contributed by atoms with Crippen LogP contribution in [0.3, 0.4) is 0 Å². The number of aromatic nitrogens is 1. The molecular formula is C13H6ClN3O3. The summed E-state index contributed by atoms with van der Waals surface area (Å²) in [6.07, 6.45) is 1.53. The van der Waals surface area contributed by atoms with E-state index in [0.717, 1.165) is 11.0 Å². The summed E-state index contributed by atoms with van der Waals surface area (Å²) in [7, 11) is 0. The van der Waals surface area contributed by atoms with Crippen LogP contribution in [-0.4, -0.2) is 32.9 Å². The first kappa shape index (κ1) is 13.7. The molecule has 0 radical (unpaired) electrons. The van der Waals surface area contributed by atoms with Gasteiger partial charge in [0.2, 0.25) is 0 Å². The van der Waals surface area contributed by atoms with Gasteiger partial charge < -0.3 is 0 Å². The molecule has 1 atom stereocenters. The van der Waals surface area contributed by atoms with Gasteiger partial charge in [-0.05, 0) is 12.1 Å². The van der Waals surface area contributed by atoms with E-state index in [0.29, 0.717) is 5.69 Å². The molecule has 2 heterocycles. The van der Waals surface area contributed by atoms with Crippen molar-refractivity contribution in [3.63, 3.8) is 0 Å². The van der Waals surface area contributed by atoms with Gasteiger partial charge in [-0.2, -0.15) is 0 Å². The van der Waals surface area contributed by atoms with Crippen LogP contribution in [0.25, 0.3) is 0 Å². The van der Waals surface area contributed by atoms with E-state index < -0.39 is 6.17 Å². The van der Waals surface area contributed by atoms with E-state index in [1.165, 1.54) is 12.1 Å². The molecule has 98 valence electrons. The smallest absolute Gasteiger partial charge is 0.171 e. The van der Waals surface area contributed by atoms with Gasteiger partial charge in [0, 0.05) is 6.20 Å². The highest BCUT2D eigenvalue weighted by molar-refractivity contribution is 6.70. The molecule has 0 aliphatic carbocycles. The lowest BCUT2D eigenvalue weighted by Crippen LogP contribution is -2.24. The Morgan fingerprint density at radius 1 is 1.35 bits per heavy atom. The molecule has 0 saturated carbocycles. The van der Waals surface area contributed by atoms with E-state index in [-0.39, 0.29) is 16.6 Å². The fourth-order valence-electron chi connectivity index (χ4n) is 1.72. The standard InChI is InChI=1S/C13H6ClN3O3/c14-12-11(8-20)17(9(7-19)4-6-18)13(16-12)10-3-1-2-5-15-10/h1-5,13H. The second kappa shape index (κ2) is 5.93. The minimum absolute atomic E-state index is 0.122. The van der Waals surface area contributed by atoms with E-state index >= 15 is 0 Å². The second-order valence-corrected chi connectivity index (χ2v) is 3.98. The second-order valence-electron chi connectivity index (χ2n) is 3.62. The highest BCUT2D eigenvalue weighted by atomic mass is 35.5. The van der Waals surface area contributed by atoms with E-state index in [1.54, 1.807) is 30.1 Å². The number of hydrogen-bond acceptors (Lipinski definition) is 6. The van der Waals surface area contributed by atoms with Crippen molar-refractivity contribution in [1.29, 1.82) is 0 Å². The van der Waals surface area contributed by atoms with Gasteiger partial charge in [0.15, 0.2) is 28.9 Å². The third kappa shape index (κ3) is 2.36. The van der Waals surface area contributed by atoms with Crippen LogP contribution in [0, 0.1) is 0 Å². The molecule has 1 unspecified atom stereocenters. The Bertz CT molecular complexity index is 710. The predicted molar refractivity (Wildman–Crippen MR) is 70.8 cm³/mol. The molecule has 1 aliphatic heterocycles. The maximum Gasteiger partial charge on any atom is 0.171 e. The molecule has 20 heavy (non-hydrogen) atoms. The number of carbonyl (C=O) groups excluding carboxylic acids is 3. The molecule has 1 aliphatic rings. The van der Waals surface area contributed by atoms with Crippen LogP contribution in [0.1, 0.15) is 11.9 Å². The van der Waals surface area contributed by atoms with Crippen LogP contribution in [0.15, 0.2) is 46.9 Å². The lowest BCUT2D eigenvalue weighted by molar-refractivity contribution is 0.370. The third-order valence-electron chi connectivity index (χ3n) is 2.53. The van der Waals surface area contributed by atoms with Gasteiger partial charge in [-0.25, -0.2) is 19.4 Å². The molecule has 0 saturated heterocycles. The Morgan fingerprint density at radius 2 is 2.15 bits per heavy atom. The van der Waals surface area contributed by atoms with Crippen molar-refractivity contribution in [3.8, 4) is 0 Å². The fourth-order valence-corrected chi connectivity index (χ4v) is 1.94. The summed E-state index contributed by atoms with van der Waals surface area (Å²) in [4.78, 5) is 41.6. The molecule has 0 amide bonds. The zero-order valence-electron chi connectivity index (χ0n) is 9.91. The summed E-state index contributed by atoms with van der Waals surface area (Å²) >= 11 is 5.84. The highest BCUT2D eigenvalue weighted by Gasteiger charge is 2.35. The largest absolute Gasteiger partial charge is 0.291 e. The van der Waals surface area contributed by atoms with Crippen molar-refractivity contribution in [3.05, 3.63) is 47.6 Å². The van der Waals surface area contributed by atoms with Crippen molar-refractivity contribution in [1.82, 2.24) is 9.88 Å². The van der Waals surface area contributed by atoms with Crippen LogP contribution in [0.2, 0.25) is 0 Å². The van der Waals surface area contributed by atoms with E-state index in [1.807, 2.05) is 0 Å². The van der Waals surface area contributed by atoms with Gasteiger partial charge in [0.1, 0.15) is 11.6 Å². The van der Waals surface area contributed by atoms with Crippen molar-refractivity contribution < 1.29 is 14.4 Å². The molecule has 0 bridgehead atoms. The molecule has 0 spiro atoms. The Kier molecular flexibility index (Phi) is 4.06. The topological polar surface area (TPSA) is 79.7 Å². The summed E-state index contributed by atoms with van der Waals surface area (Å²) in [5.74, 6) is 4.59. The highest BCUT2D eigenvalue weighted by Crippen LogP contribution is 2.35. The maximum absolute atomic E-state index is 11.0. The fraction of sp³-hybridized carbons (Fsp3) is 0.0769. The number of nitrogens with zero attached hydrogens (tertiary/aromatic N) is 3. The van der Waals surface area contributed by atoms with E-state index in [9.17, 15) is 14.4 Å². The van der Waals surface area contributed by atoms with Crippen molar-refractivity contribution in [2.24, 2.45) is 4.99 Å². The summed E-state index contributed by atoms with van der Waals surface area (Å²) in [6.45, 7) is 0. The van der Waals surface area contributed by atoms with Crippen LogP contribution in [-0.2, 0) is 14.4 Å². The summed E-state index contributed by atoms with van der Waals surface area (Å²) in [5, 5.41) is -0.122. The zero-order valence-corrected chi connectivity index (χ0v) is 10.7.